The third kappa shape index (κ3) is 3.47. The van der Waals surface area contributed by atoms with Gasteiger partial charge in [0.15, 0.2) is 0 Å². The lowest BCUT2D eigenvalue weighted by Crippen LogP contribution is -2.40. The van der Waals surface area contributed by atoms with Crippen LogP contribution in [0.5, 0.6) is 0 Å². The molecule has 3 rings (SSSR count). The van der Waals surface area contributed by atoms with Crippen LogP contribution in [0, 0.1) is 6.92 Å². The first-order valence-electron chi connectivity index (χ1n) is 9.73. The van der Waals surface area contributed by atoms with E-state index >= 15 is 0 Å². The molecule has 7 heteroatoms. The molecule has 30 heavy (non-hydrogen) atoms. The molecule has 0 bridgehead atoms. The number of esters is 1. The molecular weight excluding hydrogens is 382 g/mol. The number of aryl methyl sites for hydroxylation is 2. The van der Waals surface area contributed by atoms with E-state index < -0.39 is 17.2 Å². The summed E-state index contributed by atoms with van der Waals surface area (Å²) in [5.41, 5.74) is 2.46. The molecule has 1 aromatic carbocycles. The van der Waals surface area contributed by atoms with Gasteiger partial charge in [0, 0.05) is 12.6 Å². The summed E-state index contributed by atoms with van der Waals surface area (Å²) in [5, 5.41) is 0.257. The lowest BCUT2D eigenvalue weighted by molar-refractivity contribution is -0.359. The number of fused-ring (bicyclic) bond motifs is 1. The Morgan fingerprint density at radius 2 is 1.80 bits per heavy atom. The maximum Gasteiger partial charge on any atom is 0.417 e. The fraction of sp³-hybridized carbons (Fsp3) is 0.304. The van der Waals surface area contributed by atoms with Gasteiger partial charge in [-0.05, 0) is 24.0 Å². The van der Waals surface area contributed by atoms with Gasteiger partial charge in [-0.25, -0.2) is 19.1 Å². The average Bonchev–Trinajstić information content (AvgIpc) is 2.73. The molecule has 0 amide bonds. The van der Waals surface area contributed by atoms with Crippen molar-refractivity contribution in [2.75, 3.05) is 6.61 Å². The van der Waals surface area contributed by atoms with Crippen molar-refractivity contribution in [3.05, 3.63) is 74.6 Å². The molecule has 0 aliphatic carbocycles. The average molecular weight is 408 g/mol. The molecule has 0 aliphatic heterocycles. The zero-order valence-electron chi connectivity index (χ0n) is 17.9. The molecule has 3 aromatic rings. The third-order valence-corrected chi connectivity index (χ3v) is 5.25. The fourth-order valence-electron chi connectivity index (χ4n) is 3.55. The van der Waals surface area contributed by atoms with Gasteiger partial charge in [0.05, 0.1) is 7.05 Å². The normalized spacial score (nSPS) is 11.1. The van der Waals surface area contributed by atoms with E-state index in [0.717, 1.165) is 10.1 Å². The predicted molar refractivity (Wildman–Crippen MR) is 116 cm³/mol. The van der Waals surface area contributed by atoms with E-state index in [1.165, 1.54) is 17.7 Å². The summed E-state index contributed by atoms with van der Waals surface area (Å²) in [7, 11) is 3.01. The van der Waals surface area contributed by atoms with Gasteiger partial charge < -0.3 is 4.74 Å². The van der Waals surface area contributed by atoms with Crippen LogP contribution in [0.1, 0.15) is 41.4 Å². The highest BCUT2D eigenvalue weighted by Crippen LogP contribution is 2.31. The number of rotatable bonds is 5. The number of H-pyrrole nitrogens is 1. The minimum Gasteiger partial charge on any atom is -0.458 e. The van der Waals surface area contributed by atoms with Crippen molar-refractivity contribution in [1.82, 2.24) is 9.13 Å². The summed E-state index contributed by atoms with van der Waals surface area (Å²) in [4.78, 5) is 41.6. The number of nitrogens with zero attached hydrogens (tertiary/aromatic N) is 2. The number of hydrogen-bond donors (Lipinski definition) is 0. The topological polar surface area (TPSA) is 84.4 Å². The van der Waals surface area contributed by atoms with Gasteiger partial charge in [-0.1, -0.05) is 50.8 Å². The molecule has 2 aromatic heterocycles. The Balaban J connectivity index is 2.49. The first-order valence-corrected chi connectivity index (χ1v) is 9.73. The quantitative estimate of drug-likeness (QED) is 0.480. The van der Waals surface area contributed by atoms with E-state index in [1.807, 2.05) is 24.3 Å². The highest BCUT2D eigenvalue weighted by molar-refractivity contribution is 6.05. The number of benzene rings is 1. The Hall–Kier alpha value is -3.48. The second-order valence-corrected chi connectivity index (χ2v) is 7.59. The molecule has 0 aliphatic rings. The second-order valence-electron chi connectivity index (χ2n) is 7.59. The number of nitrogens with one attached hydrogen (secondary N) is 1. The number of hydrogen-bond acceptors (Lipinski definition) is 4. The molecule has 0 radical (unpaired) electrons. The summed E-state index contributed by atoms with van der Waals surface area (Å²) < 4.78 is 7.71. The highest BCUT2D eigenvalue weighted by atomic mass is 16.5. The third-order valence-electron chi connectivity index (χ3n) is 5.25. The SMILES string of the molecule is C=CCOC(=O)c1c(C)[nH+]c2c(c1-c1ccc(C(C)C)cc1)c(=O)n(C)c(=O)n2C. The smallest absolute Gasteiger partial charge is 0.417 e. The van der Waals surface area contributed by atoms with Crippen molar-refractivity contribution < 1.29 is 14.5 Å². The zero-order valence-corrected chi connectivity index (χ0v) is 17.9. The standard InChI is InChI=1S/C23H25N3O4/c1-7-12-30-22(28)17-14(4)24-20-19(21(27)26(6)23(29)25(20)5)18(17)16-10-8-15(9-11-16)13(2)3/h7-11,13H,1,12H2,2-6H3/p+1. The van der Waals surface area contributed by atoms with Crippen molar-refractivity contribution in [2.24, 2.45) is 14.1 Å². The maximum absolute atomic E-state index is 13.1. The van der Waals surface area contributed by atoms with Gasteiger partial charge in [-0.2, -0.15) is 4.57 Å². The monoisotopic (exact) mass is 408 g/mol. The molecule has 0 saturated heterocycles. The summed E-state index contributed by atoms with van der Waals surface area (Å²) in [5.74, 6) is -0.225. The van der Waals surface area contributed by atoms with Gasteiger partial charge in [0.25, 0.3) is 11.2 Å². The Bertz CT molecular complexity index is 1270. The number of aromatic nitrogens is 3. The molecule has 0 unspecified atom stereocenters. The van der Waals surface area contributed by atoms with Crippen molar-refractivity contribution >= 4 is 17.0 Å². The van der Waals surface area contributed by atoms with Gasteiger partial charge in [0.1, 0.15) is 23.3 Å². The molecule has 0 fully saturated rings. The van der Waals surface area contributed by atoms with E-state index in [4.69, 9.17) is 4.74 Å². The molecule has 0 saturated carbocycles. The van der Waals surface area contributed by atoms with Crippen LogP contribution in [0.3, 0.4) is 0 Å². The van der Waals surface area contributed by atoms with Crippen LogP contribution in [0.15, 0.2) is 46.5 Å². The number of carbonyl (C=O) groups is 1. The number of pyridine rings is 1. The largest absolute Gasteiger partial charge is 0.458 e. The lowest BCUT2D eigenvalue weighted by Gasteiger charge is -2.14. The van der Waals surface area contributed by atoms with Crippen LogP contribution >= 0.6 is 0 Å². The second kappa shape index (κ2) is 8.10. The Morgan fingerprint density at radius 1 is 1.17 bits per heavy atom. The minimum atomic E-state index is -0.565. The molecule has 0 atom stereocenters. The van der Waals surface area contributed by atoms with Crippen molar-refractivity contribution in [1.29, 1.82) is 0 Å². The van der Waals surface area contributed by atoms with E-state index in [2.05, 4.69) is 25.4 Å². The van der Waals surface area contributed by atoms with Gasteiger partial charge in [0.2, 0.25) is 0 Å². The molecule has 0 spiro atoms. The Labute approximate surface area is 174 Å². The van der Waals surface area contributed by atoms with Gasteiger partial charge in [-0.3, -0.25) is 4.79 Å². The van der Waals surface area contributed by atoms with E-state index in [9.17, 15) is 14.4 Å². The van der Waals surface area contributed by atoms with Crippen LogP contribution in [-0.4, -0.2) is 21.7 Å². The minimum absolute atomic E-state index is 0.0489. The number of aromatic amines is 1. The molecule has 7 nitrogen and oxygen atoms in total. The summed E-state index contributed by atoms with van der Waals surface area (Å²) >= 11 is 0. The lowest BCUT2D eigenvalue weighted by atomic mass is 9.93. The fourth-order valence-corrected chi connectivity index (χ4v) is 3.55. The zero-order chi connectivity index (χ0) is 22.2. The molecule has 1 N–H and O–H groups in total. The number of ether oxygens (including phenoxy) is 1. The first kappa shape index (κ1) is 21.2. The van der Waals surface area contributed by atoms with Crippen molar-refractivity contribution in [2.45, 2.75) is 26.7 Å². The van der Waals surface area contributed by atoms with E-state index in [0.29, 0.717) is 28.4 Å². The predicted octanol–water partition coefficient (Wildman–Crippen LogP) is 2.49. The first-order chi connectivity index (χ1) is 14.2. The van der Waals surface area contributed by atoms with Crippen LogP contribution < -0.4 is 16.2 Å². The number of carbonyl (C=O) groups excluding carboxylic acids is 1. The van der Waals surface area contributed by atoms with Crippen molar-refractivity contribution in [3.8, 4) is 11.1 Å². The highest BCUT2D eigenvalue weighted by Gasteiger charge is 2.28. The van der Waals surface area contributed by atoms with Gasteiger partial charge in [-0.15, -0.1) is 0 Å². The summed E-state index contributed by atoms with van der Waals surface area (Å²) in [6.45, 7) is 9.53. The van der Waals surface area contributed by atoms with E-state index in [-0.39, 0.29) is 17.6 Å². The Kier molecular flexibility index (Phi) is 5.73. The van der Waals surface area contributed by atoms with Crippen LogP contribution in [0.25, 0.3) is 22.2 Å². The summed E-state index contributed by atoms with van der Waals surface area (Å²) in [6, 6.07) is 7.73. The maximum atomic E-state index is 13.1. The van der Waals surface area contributed by atoms with Crippen LogP contribution in [0.2, 0.25) is 0 Å². The van der Waals surface area contributed by atoms with Crippen LogP contribution in [0.4, 0.5) is 0 Å². The van der Waals surface area contributed by atoms with Crippen LogP contribution in [-0.2, 0) is 18.8 Å². The Morgan fingerprint density at radius 3 is 2.37 bits per heavy atom. The molecular formula is C23H26N3O4+. The van der Waals surface area contributed by atoms with Gasteiger partial charge >= 0.3 is 11.7 Å². The molecule has 156 valence electrons. The molecule has 2 heterocycles. The van der Waals surface area contributed by atoms with E-state index in [1.54, 1.807) is 14.0 Å². The van der Waals surface area contributed by atoms with Crippen molar-refractivity contribution in [3.63, 3.8) is 0 Å². The summed E-state index contributed by atoms with van der Waals surface area (Å²) in [6.07, 6.45) is 1.48.